The lowest BCUT2D eigenvalue weighted by Crippen LogP contribution is -2.19. The molecular formula is C11H12F3NO. The maximum absolute atomic E-state index is 13.2. The lowest BCUT2D eigenvalue weighted by atomic mass is 10.2. The number of halogens is 3. The first-order valence-corrected chi connectivity index (χ1v) is 5.17. The number of ether oxygens (including phenoxy) is 1. The molecule has 2 nitrogen and oxygen atoms in total. The molecule has 1 aliphatic rings. The minimum absolute atomic E-state index is 0.0208. The minimum Gasteiger partial charge on any atom is -0.380 e. The molecule has 0 aliphatic carbocycles. The summed E-state index contributed by atoms with van der Waals surface area (Å²) in [6, 6.07) is 1.35. The smallest absolute Gasteiger partial charge is 0.161 e. The second kappa shape index (κ2) is 4.74. The van der Waals surface area contributed by atoms with Crippen molar-refractivity contribution >= 4 is 5.69 Å². The van der Waals surface area contributed by atoms with Crippen molar-refractivity contribution in [2.24, 2.45) is 0 Å². The summed E-state index contributed by atoms with van der Waals surface area (Å²) < 4.78 is 44.0. The molecule has 1 unspecified atom stereocenters. The van der Waals surface area contributed by atoms with Crippen LogP contribution in [0, 0.1) is 17.5 Å². The Bertz CT molecular complexity index is 378. The van der Waals surface area contributed by atoms with Crippen LogP contribution in [0.1, 0.15) is 12.8 Å². The van der Waals surface area contributed by atoms with Crippen LogP contribution in [0.15, 0.2) is 12.1 Å². The maximum atomic E-state index is 13.2. The van der Waals surface area contributed by atoms with E-state index in [2.05, 4.69) is 5.32 Å². The Morgan fingerprint density at radius 2 is 1.94 bits per heavy atom. The van der Waals surface area contributed by atoms with Crippen molar-refractivity contribution in [3.05, 3.63) is 29.6 Å². The van der Waals surface area contributed by atoms with Crippen molar-refractivity contribution < 1.29 is 17.9 Å². The fraction of sp³-hybridized carbons (Fsp3) is 0.455. The van der Waals surface area contributed by atoms with Crippen molar-refractivity contribution in [3.8, 4) is 0 Å². The van der Waals surface area contributed by atoms with Crippen LogP contribution in [0.5, 0.6) is 0 Å². The zero-order valence-electron chi connectivity index (χ0n) is 8.60. The molecule has 0 bridgehead atoms. The molecule has 1 aromatic carbocycles. The molecule has 0 aromatic heterocycles. The van der Waals surface area contributed by atoms with E-state index in [0.717, 1.165) is 18.9 Å². The zero-order chi connectivity index (χ0) is 11.5. The Labute approximate surface area is 91.4 Å². The van der Waals surface area contributed by atoms with E-state index >= 15 is 0 Å². The van der Waals surface area contributed by atoms with Gasteiger partial charge < -0.3 is 10.1 Å². The minimum atomic E-state index is -1.18. The zero-order valence-corrected chi connectivity index (χ0v) is 8.60. The predicted octanol–water partition coefficient (Wildman–Crippen LogP) is 2.69. The van der Waals surface area contributed by atoms with Crippen LogP contribution < -0.4 is 5.32 Å². The van der Waals surface area contributed by atoms with Crippen molar-refractivity contribution in [3.63, 3.8) is 0 Å². The molecule has 0 radical (unpaired) electrons. The molecular weight excluding hydrogens is 219 g/mol. The summed E-state index contributed by atoms with van der Waals surface area (Å²) in [5, 5.41) is 2.72. The predicted molar refractivity (Wildman–Crippen MR) is 53.8 cm³/mol. The van der Waals surface area contributed by atoms with Gasteiger partial charge in [-0.05, 0) is 12.8 Å². The third-order valence-corrected chi connectivity index (χ3v) is 2.55. The molecule has 5 heteroatoms. The number of rotatable bonds is 3. The summed E-state index contributed by atoms with van der Waals surface area (Å²) >= 11 is 0. The Morgan fingerprint density at radius 3 is 2.62 bits per heavy atom. The van der Waals surface area contributed by atoms with Gasteiger partial charge in [-0.2, -0.15) is 0 Å². The van der Waals surface area contributed by atoms with Crippen LogP contribution in [0.25, 0.3) is 0 Å². The first-order chi connectivity index (χ1) is 7.66. The third-order valence-electron chi connectivity index (χ3n) is 2.55. The summed E-state index contributed by atoms with van der Waals surface area (Å²) in [5.74, 6) is -3.03. The van der Waals surface area contributed by atoms with E-state index in [0.29, 0.717) is 19.2 Å². The largest absolute Gasteiger partial charge is 0.380 e. The van der Waals surface area contributed by atoms with E-state index in [9.17, 15) is 13.2 Å². The van der Waals surface area contributed by atoms with Gasteiger partial charge in [-0.1, -0.05) is 0 Å². The van der Waals surface area contributed by atoms with E-state index in [1.807, 2.05) is 0 Å². The topological polar surface area (TPSA) is 21.3 Å². The van der Waals surface area contributed by atoms with Gasteiger partial charge >= 0.3 is 0 Å². The van der Waals surface area contributed by atoms with Crippen molar-refractivity contribution in [2.45, 2.75) is 18.9 Å². The molecule has 0 spiro atoms. The fourth-order valence-electron chi connectivity index (χ4n) is 1.69. The maximum Gasteiger partial charge on any atom is 0.161 e. The molecule has 88 valence electrons. The van der Waals surface area contributed by atoms with Crippen molar-refractivity contribution in [1.82, 2.24) is 0 Å². The van der Waals surface area contributed by atoms with Crippen LogP contribution in [-0.4, -0.2) is 19.3 Å². The van der Waals surface area contributed by atoms with E-state index in [-0.39, 0.29) is 11.8 Å². The molecule has 2 rings (SSSR count). The fourth-order valence-corrected chi connectivity index (χ4v) is 1.69. The molecule has 16 heavy (non-hydrogen) atoms. The second-order valence-electron chi connectivity index (χ2n) is 3.76. The third kappa shape index (κ3) is 2.47. The van der Waals surface area contributed by atoms with Gasteiger partial charge in [0.2, 0.25) is 0 Å². The first-order valence-electron chi connectivity index (χ1n) is 5.17. The summed E-state index contributed by atoms with van der Waals surface area (Å²) in [5.41, 5.74) is -0.0330. The van der Waals surface area contributed by atoms with Crippen LogP contribution in [-0.2, 0) is 4.74 Å². The van der Waals surface area contributed by atoms with Gasteiger partial charge in [0.25, 0.3) is 0 Å². The molecule has 0 amide bonds. The summed E-state index contributed by atoms with van der Waals surface area (Å²) in [6.07, 6.45) is 1.90. The van der Waals surface area contributed by atoms with Gasteiger partial charge in [-0.15, -0.1) is 0 Å². The van der Waals surface area contributed by atoms with Gasteiger partial charge in [-0.3, -0.25) is 0 Å². The number of hydrogen-bond acceptors (Lipinski definition) is 2. The number of anilines is 1. The molecule has 1 saturated heterocycles. The van der Waals surface area contributed by atoms with Crippen LogP contribution in [0.4, 0.5) is 18.9 Å². The van der Waals surface area contributed by atoms with Gasteiger partial charge in [0.05, 0.1) is 11.8 Å². The second-order valence-corrected chi connectivity index (χ2v) is 3.76. The molecule has 1 fully saturated rings. The average molecular weight is 231 g/mol. The van der Waals surface area contributed by atoms with Gasteiger partial charge in [0.15, 0.2) is 11.6 Å². The molecule has 1 heterocycles. The summed E-state index contributed by atoms with van der Waals surface area (Å²) in [4.78, 5) is 0. The van der Waals surface area contributed by atoms with Gasteiger partial charge in [-0.25, -0.2) is 13.2 Å². The highest BCUT2D eigenvalue weighted by Gasteiger charge is 2.16. The first kappa shape index (κ1) is 11.3. The quantitative estimate of drug-likeness (QED) is 0.807. The highest BCUT2D eigenvalue weighted by atomic mass is 19.2. The number of nitrogens with one attached hydrogen (secondary N) is 1. The Morgan fingerprint density at radius 1 is 1.19 bits per heavy atom. The molecule has 1 aliphatic heterocycles. The molecule has 0 saturated carbocycles. The number of benzene rings is 1. The van der Waals surface area contributed by atoms with E-state index < -0.39 is 17.5 Å². The number of hydrogen-bond donors (Lipinski definition) is 1. The lowest BCUT2D eigenvalue weighted by molar-refractivity contribution is 0.120. The van der Waals surface area contributed by atoms with Gasteiger partial charge in [0.1, 0.15) is 5.82 Å². The van der Waals surface area contributed by atoms with Crippen LogP contribution in [0.3, 0.4) is 0 Å². The Balaban J connectivity index is 2.00. The SMILES string of the molecule is Fc1cc(F)c(NCC2CCCO2)cc1F. The van der Waals surface area contributed by atoms with E-state index in [1.165, 1.54) is 0 Å². The van der Waals surface area contributed by atoms with Crippen molar-refractivity contribution in [2.75, 3.05) is 18.5 Å². The van der Waals surface area contributed by atoms with Crippen molar-refractivity contribution in [1.29, 1.82) is 0 Å². The highest BCUT2D eigenvalue weighted by Crippen LogP contribution is 2.19. The average Bonchev–Trinajstić information content (AvgIpc) is 2.74. The van der Waals surface area contributed by atoms with E-state index in [1.54, 1.807) is 0 Å². The molecule has 1 aromatic rings. The summed E-state index contributed by atoms with van der Waals surface area (Å²) in [7, 11) is 0. The summed E-state index contributed by atoms with van der Waals surface area (Å²) in [6.45, 7) is 1.11. The lowest BCUT2D eigenvalue weighted by Gasteiger charge is -2.12. The highest BCUT2D eigenvalue weighted by molar-refractivity contribution is 5.45. The Kier molecular flexibility index (Phi) is 3.33. The van der Waals surface area contributed by atoms with Crippen LogP contribution in [0.2, 0.25) is 0 Å². The van der Waals surface area contributed by atoms with Gasteiger partial charge in [0, 0.05) is 25.3 Å². The Hall–Kier alpha value is -1.23. The molecule has 1 atom stereocenters. The van der Waals surface area contributed by atoms with E-state index in [4.69, 9.17) is 4.74 Å². The monoisotopic (exact) mass is 231 g/mol. The normalized spacial score (nSPS) is 20.1. The standard InChI is InChI=1S/C11H12F3NO/c12-8-4-10(14)11(5-9(8)13)15-6-7-2-1-3-16-7/h4-5,7,15H,1-3,6H2. The van der Waals surface area contributed by atoms with Crippen LogP contribution >= 0.6 is 0 Å². The molecule has 1 N–H and O–H groups in total.